The highest BCUT2D eigenvalue weighted by Gasteiger charge is 2.59. The number of esters is 1. The Kier molecular flexibility index (Phi) is 4.99. The van der Waals surface area contributed by atoms with Crippen LogP contribution in [0.4, 0.5) is 0 Å². The van der Waals surface area contributed by atoms with Crippen molar-refractivity contribution in [3.63, 3.8) is 0 Å². The molecule has 0 heterocycles. The molecular formula is C27H36O3. The lowest BCUT2D eigenvalue weighted by molar-refractivity contribution is -0.148. The fourth-order valence-electron chi connectivity index (χ4n) is 7.77. The molecule has 3 nitrogen and oxygen atoms in total. The molecule has 5 rings (SSSR count). The summed E-state index contributed by atoms with van der Waals surface area (Å²) in [6.07, 6.45) is 12.3. The van der Waals surface area contributed by atoms with E-state index in [0.29, 0.717) is 11.5 Å². The van der Waals surface area contributed by atoms with Gasteiger partial charge in [0.05, 0.1) is 0 Å². The van der Waals surface area contributed by atoms with Crippen LogP contribution in [0.2, 0.25) is 0 Å². The summed E-state index contributed by atoms with van der Waals surface area (Å²) >= 11 is 0. The van der Waals surface area contributed by atoms with Crippen molar-refractivity contribution in [2.45, 2.75) is 84.3 Å². The molecule has 1 aromatic rings. The molecule has 0 radical (unpaired) electrons. The predicted molar refractivity (Wildman–Crippen MR) is 118 cm³/mol. The third-order valence-corrected chi connectivity index (χ3v) is 9.33. The summed E-state index contributed by atoms with van der Waals surface area (Å²) < 4.78 is 12.1. The number of hydrogen-bond donors (Lipinski definition) is 0. The second-order valence-corrected chi connectivity index (χ2v) is 10.8. The molecule has 162 valence electrons. The van der Waals surface area contributed by atoms with Crippen LogP contribution in [-0.4, -0.2) is 18.2 Å². The summed E-state index contributed by atoms with van der Waals surface area (Å²) in [6, 6.07) is 10.4. The Bertz CT molecular complexity index is 830. The van der Waals surface area contributed by atoms with Crippen molar-refractivity contribution >= 4 is 5.97 Å². The van der Waals surface area contributed by atoms with Gasteiger partial charge in [0.1, 0.15) is 18.0 Å². The van der Waals surface area contributed by atoms with E-state index in [2.05, 4.69) is 50.3 Å². The highest BCUT2D eigenvalue weighted by atomic mass is 16.5. The van der Waals surface area contributed by atoms with Crippen molar-refractivity contribution in [1.29, 1.82) is 0 Å². The van der Waals surface area contributed by atoms with E-state index in [1.807, 2.05) is 0 Å². The molecule has 4 aliphatic rings. The van der Waals surface area contributed by atoms with Crippen molar-refractivity contribution in [3.05, 3.63) is 42.0 Å². The summed E-state index contributed by atoms with van der Waals surface area (Å²) in [7, 11) is 0. The normalized spacial score (nSPS) is 42.4. The average molecular weight is 409 g/mol. The van der Waals surface area contributed by atoms with Crippen LogP contribution >= 0.6 is 0 Å². The molecule has 3 saturated carbocycles. The number of hydrogen-bond acceptors (Lipinski definition) is 3. The van der Waals surface area contributed by atoms with Crippen LogP contribution in [-0.2, 0) is 9.53 Å². The summed E-state index contributed by atoms with van der Waals surface area (Å²) in [6.45, 7) is 6.55. The highest BCUT2D eigenvalue weighted by molar-refractivity contribution is 5.66. The topological polar surface area (TPSA) is 35.5 Å². The Morgan fingerprint density at radius 1 is 1.00 bits per heavy atom. The van der Waals surface area contributed by atoms with E-state index in [-0.39, 0.29) is 17.5 Å². The number of rotatable bonds is 3. The summed E-state index contributed by atoms with van der Waals surface area (Å²) in [4.78, 5) is 11.4. The standard InChI is InChI=1S/C27H36O3/c1-18(28)29-21-13-15-26(2)19(17-21)9-10-22-23-11-12-25(27(23,3)16-14-24(22)26)30-20-7-5-4-6-8-20/h4-9,21-25H,10-17H2,1-3H3/t21-,22-,23-,24-,25+,26-,27-/m0/s1. The third kappa shape index (κ3) is 3.20. The fraction of sp³-hybridized carbons (Fsp3) is 0.667. The average Bonchev–Trinajstić information content (AvgIpc) is 3.05. The maximum atomic E-state index is 11.4. The molecule has 0 unspecified atom stereocenters. The lowest BCUT2D eigenvalue weighted by atomic mass is 9.48. The number of benzene rings is 1. The number of carbonyl (C=O) groups excluding carboxylic acids is 1. The molecule has 0 aliphatic heterocycles. The van der Waals surface area contributed by atoms with Crippen molar-refractivity contribution in [2.75, 3.05) is 0 Å². The molecule has 0 N–H and O–H groups in total. The predicted octanol–water partition coefficient (Wildman–Crippen LogP) is 6.33. The van der Waals surface area contributed by atoms with Gasteiger partial charge in [-0.2, -0.15) is 0 Å². The van der Waals surface area contributed by atoms with Gasteiger partial charge in [-0.3, -0.25) is 4.79 Å². The first-order valence-electron chi connectivity index (χ1n) is 12.0. The molecule has 0 saturated heterocycles. The lowest BCUT2D eigenvalue weighted by Gasteiger charge is -2.57. The first kappa shape index (κ1) is 20.2. The van der Waals surface area contributed by atoms with Crippen molar-refractivity contribution in [3.8, 4) is 5.75 Å². The van der Waals surface area contributed by atoms with Gasteiger partial charge in [-0.25, -0.2) is 0 Å². The third-order valence-electron chi connectivity index (χ3n) is 9.33. The minimum absolute atomic E-state index is 0.0855. The minimum Gasteiger partial charge on any atom is -0.490 e. The van der Waals surface area contributed by atoms with Crippen LogP contribution in [0.25, 0.3) is 0 Å². The number of fused-ring (bicyclic) bond motifs is 5. The zero-order valence-electron chi connectivity index (χ0n) is 18.7. The molecule has 0 spiro atoms. The van der Waals surface area contributed by atoms with E-state index in [4.69, 9.17) is 9.47 Å². The molecule has 0 aromatic heterocycles. The van der Waals surface area contributed by atoms with Gasteiger partial charge in [-0.05, 0) is 80.2 Å². The quantitative estimate of drug-likeness (QED) is 0.433. The van der Waals surface area contributed by atoms with Gasteiger partial charge in [0.15, 0.2) is 0 Å². The summed E-state index contributed by atoms with van der Waals surface area (Å²) in [5, 5.41) is 0. The van der Waals surface area contributed by atoms with Gasteiger partial charge in [0.25, 0.3) is 0 Å². The van der Waals surface area contributed by atoms with Crippen LogP contribution in [0.1, 0.15) is 72.1 Å². The molecule has 3 heteroatoms. The Morgan fingerprint density at radius 3 is 2.57 bits per heavy atom. The Hall–Kier alpha value is -1.77. The Labute approximate surface area is 181 Å². The van der Waals surface area contributed by atoms with Crippen LogP contribution in [0.15, 0.2) is 42.0 Å². The maximum Gasteiger partial charge on any atom is 0.302 e. The maximum absolute atomic E-state index is 11.4. The molecule has 0 bridgehead atoms. The van der Waals surface area contributed by atoms with E-state index >= 15 is 0 Å². The van der Waals surface area contributed by atoms with Crippen molar-refractivity contribution in [2.24, 2.45) is 28.6 Å². The molecule has 7 atom stereocenters. The van der Waals surface area contributed by atoms with Gasteiger partial charge < -0.3 is 9.47 Å². The number of ether oxygens (including phenoxy) is 2. The molecule has 4 aliphatic carbocycles. The van der Waals surface area contributed by atoms with E-state index in [9.17, 15) is 4.79 Å². The first-order valence-corrected chi connectivity index (χ1v) is 12.0. The highest BCUT2D eigenvalue weighted by Crippen LogP contribution is 2.65. The zero-order chi connectivity index (χ0) is 20.9. The lowest BCUT2D eigenvalue weighted by Crippen LogP contribution is -2.52. The van der Waals surface area contributed by atoms with Gasteiger partial charge in [-0.1, -0.05) is 43.7 Å². The van der Waals surface area contributed by atoms with Crippen LogP contribution in [0, 0.1) is 28.6 Å². The molecular weight excluding hydrogens is 372 g/mol. The number of allylic oxidation sites excluding steroid dienone is 1. The van der Waals surface area contributed by atoms with Crippen LogP contribution < -0.4 is 4.74 Å². The van der Waals surface area contributed by atoms with Crippen molar-refractivity contribution < 1.29 is 14.3 Å². The van der Waals surface area contributed by atoms with E-state index in [1.54, 1.807) is 5.57 Å². The van der Waals surface area contributed by atoms with Crippen LogP contribution in [0.3, 0.4) is 0 Å². The smallest absolute Gasteiger partial charge is 0.302 e. The van der Waals surface area contributed by atoms with Crippen molar-refractivity contribution in [1.82, 2.24) is 0 Å². The molecule has 30 heavy (non-hydrogen) atoms. The monoisotopic (exact) mass is 408 g/mol. The van der Waals surface area contributed by atoms with Crippen LogP contribution in [0.5, 0.6) is 5.75 Å². The molecule has 1 aromatic carbocycles. The van der Waals surface area contributed by atoms with Gasteiger partial charge in [-0.15, -0.1) is 0 Å². The Morgan fingerprint density at radius 2 is 1.80 bits per heavy atom. The van der Waals surface area contributed by atoms with Gasteiger partial charge >= 0.3 is 5.97 Å². The van der Waals surface area contributed by atoms with E-state index in [0.717, 1.165) is 42.8 Å². The SMILES string of the molecule is CC(=O)O[C@H]1CC[C@@]2(C)C(=CC[C@H]3[C@@H]4CC[C@@H](Oc5ccccc5)[C@@]4(C)CC[C@@H]32)C1. The first-order chi connectivity index (χ1) is 14.4. The summed E-state index contributed by atoms with van der Waals surface area (Å²) in [5.74, 6) is 3.18. The zero-order valence-corrected chi connectivity index (χ0v) is 18.7. The second kappa shape index (κ2) is 7.43. The van der Waals surface area contributed by atoms with Gasteiger partial charge in [0.2, 0.25) is 0 Å². The molecule has 0 amide bonds. The molecule has 3 fully saturated rings. The second-order valence-electron chi connectivity index (χ2n) is 10.8. The van der Waals surface area contributed by atoms with E-state index < -0.39 is 0 Å². The fourth-order valence-corrected chi connectivity index (χ4v) is 7.77. The largest absolute Gasteiger partial charge is 0.490 e. The Balaban J connectivity index is 1.35. The number of carbonyl (C=O) groups is 1. The summed E-state index contributed by atoms with van der Waals surface area (Å²) in [5.41, 5.74) is 2.15. The minimum atomic E-state index is -0.137. The van der Waals surface area contributed by atoms with Gasteiger partial charge in [0, 0.05) is 18.8 Å². The number of para-hydroxylation sites is 1. The van der Waals surface area contributed by atoms with E-state index in [1.165, 1.54) is 39.0 Å².